The molecule has 4 N–H and O–H groups in total. The first-order chi connectivity index (χ1) is 36.9. The Kier molecular flexibility index (Phi) is 18.6. The molecule has 10 atom stereocenters. The van der Waals surface area contributed by atoms with E-state index in [4.69, 9.17) is 46.9 Å². The van der Waals surface area contributed by atoms with Gasteiger partial charge in [-0.05, 0) is 169 Å². The highest BCUT2D eigenvalue weighted by molar-refractivity contribution is 6.31. The second kappa shape index (κ2) is 25.0. The molecule has 77 heavy (non-hydrogen) atoms. The van der Waals surface area contributed by atoms with E-state index in [1.165, 1.54) is 122 Å². The number of aliphatic hydroxyl groups is 4. The number of benzene rings is 4. The smallest absolute Gasteiger partial charge is 0.303 e. The van der Waals surface area contributed by atoms with E-state index in [0.29, 0.717) is 51.1 Å². The third-order valence-electron chi connectivity index (χ3n) is 18.4. The summed E-state index contributed by atoms with van der Waals surface area (Å²) in [6, 6.07) is 28.8. The lowest BCUT2D eigenvalue weighted by Gasteiger charge is -2.47. The van der Waals surface area contributed by atoms with Crippen molar-refractivity contribution in [2.24, 2.45) is 16.7 Å². The molecule has 12 nitrogen and oxygen atoms in total. The molecule has 0 amide bonds. The maximum atomic E-state index is 12.2. The fourth-order valence-corrected chi connectivity index (χ4v) is 13.7. The topological polar surface area (TPSA) is 178 Å². The minimum atomic E-state index is -1.40. The lowest BCUT2D eigenvalue weighted by molar-refractivity contribution is -0.232. The highest BCUT2D eigenvalue weighted by Gasteiger charge is 2.49. The number of esters is 3. The molecule has 2 unspecified atom stereocenters. The summed E-state index contributed by atoms with van der Waals surface area (Å²) >= 11 is 13.2. The average Bonchev–Trinajstić information content (AvgIpc) is 3.43. The van der Waals surface area contributed by atoms with Crippen molar-refractivity contribution >= 4 is 41.1 Å². The van der Waals surface area contributed by atoms with Crippen molar-refractivity contribution in [1.82, 2.24) is 0 Å². The Morgan fingerprint density at radius 3 is 1.39 bits per heavy atom. The number of aliphatic hydroxyl groups excluding tert-OH is 4. The third kappa shape index (κ3) is 13.5. The number of halogens is 2. The van der Waals surface area contributed by atoms with Crippen molar-refractivity contribution in [2.45, 2.75) is 197 Å². The molecule has 2 spiro atoms. The molecule has 2 aliphatic heterocycles. The van der Waals surface area contributed by atoms with E-state index in [9.17, 15) is 34.8 Å². The molecule has 4 aromatic carbocycles. The van der Waals surface area contributed by atoms with Crippen LogP contribution in [0.5, 0.6) is 0 Å². The van der Waals surface area contributed by atoms with E-state index in [1.807, 2.05) is 31.2 Å². The summed E-state index contributed by atoms with van der Waals surface area (Å²) in [7, 11) is 0. The fraction of sp³-hybridized carbons (Fsp3) is 0.571. The largest absolute Gasteiger partial charge is 0.463 e. The van der Waals surface area contributed by atoms with Gasteiger partial charge in [-0.25, -0.2) is 0 Å². The highest BCUT2D eigenvalue weighted by Crippen LogP contribution is 2.55. The van der Waals surface area contributed by atoms with Gasteiger partial charge in [0.25, 0.3) is 0 Å². The van der Waals surface area contributed by atoms with Gasteiger partial charge in [-0.3, -0.25) is 14.4 Å². The Labute approximate surface area is 464 Å². The number of hydrogen-bond acceptors (Lipinski definition) is 12. The summed E-state index contributed by atoms with van der Waals surface area (Å²) in [6.45, 7) is 5.31. The first-order valence-corrected chi connectivity index (χ1v) is 28.9. The van der Waals surface area contributed by atoms with Gasteiger partial charge >= 0.3 is 17.9 Å². The number of carbonyl (C=O) groups excluding carboxylic acids is 3. The number of rotatable bonds is 13. The molecule has 0 bridgehead atoms. The summed E-state index contributed by atoms with van der Waals surface area (Å²) < 4.78 is 28.8. The lowest BCUT2D eigenvalue weighted by atomic mass is 9.58. The van der Waals surface area contributed by atoms with Crippen molar-refractivity contribution in [1.29, 1.82) is 0 Å². The Balaban J connectivity index is 0.000000193. The summed E-state index contributed by atoms with van der Waals surface area (Å²) in [6.07, 6.45) is 11.5. The number of hydrogen-bond donors (Lipinski definition) is 4. The van der Waals surface area contributed by atoms with Gasteiger partial charge in [0.05, 0.1) is 12.7 Å². The van der Waals surface area contributed by atoms with Gasteiger partial charge in [-0.15, -0.1) is 0 Å². The maximum absolute atomic E-state index is 12.2. The zero-order valence-electron chi connectivity index (χ0n) is 45.0. The third-order valence-corrected chi connectivity index (χ3v) is 19.1. The molecule has 4 saturated carbocycles. The number of ether oxygens (including phenoxy) is 5. The van der Waals surface area contributed by atoms with Crippen LogP contribution in [-0.2, 0) is 50.9 Å². The highest BCUT2D eigenvalue weighted by atomic mass is 35.5. The van der Waals surface area contributed by atoms with Crippen LogP contribution in [-0.4, -0.2) is 94.3 Å². The predicted octanol–water partition coefficient (Wildman–Crippen LogP) is 11.5. The zero-order chi connectivity index (χ0) is 54.6. The van der Waals surface area contributed by atoms with E-state index in [1.54, 1.807) is 12.1 Å². The molecular weight excluding hydrogens is 1020 g/mol. The quantitative estimate of drug-likeness (QED) is 0.0737. The summed E-state index contributed by atoms with van der Waals surface area (Å²) in [5.74, 6) is -0.560. The molecule has 6 aliphatic rings. The molecule has 2 saturated heterocycles. The Morgan fingerprint density at radius 1 is 0.545 bits per heavy atom. The van der Waals surface area contributed by atoms with Crippen LogP contribution in [0.2, 0.25) is 10.0 Å². The van der Waals surface area contributed by atoms with E-state index >= 15 is 0 Å². The molecule has 10 rings (SSSR count). The van der Waals surface area contributed by atoms with Gasteiger partial charge in [0, 0.05) is 36.7 Å². The van der Waals surface area contributed by atoms with Crippen molar-refractivity contribution < 1.29 is 58.5 Å². The minimum Gasteiger partial charge on any atom is -0.463 e. The first kappa shape index (κ1) is 57.3. The van der Waals surface area contributed by atoms with Gasteiger partial charge < -0.3 is 44.1 Å². The molecule has 416 valence electrons. The van der Waals surface area contributed by atoms with E-state index in [2.05, 4.69) is 48.5 Å². The average molecular weight is 1100 g/mol. The summed E-state index contributed by atoms with van der Waals surface area (Å²) in [5, 5.41) is 41.4. The second-order valence-corrected chi connectivity index (χ2v) is 24.3. The predicted molar refractivity (Wildman–Crippen MR) is 294 cm³/mol. The van der Waals surface area contributed by atoms with Gasteiger partial charge in [-0.1, -0.05) is 116 Å². The van der Waals surface area contributed by atoms with Crippen LogP contribution >= 0.6 is 23.2 Å². The molecule has 0 aromatic heterocycles. The van der Waals surface area contributed by atoms with E-state index in [0.717, 1.165) is 27.8 Å². The van der Waals surface area contributed by atoms with Crippen LogP contribution < -0.4 is 0 Å². The molecule has 6 fully saturated rings. The van der Waals surface area contributed by atoms with E-state index < -0.39 is 85.4 Å². The standard InChI is InChI=1S/C35H43ClO7.C28H35ClO5/c1-21-31(20-40-22(2)37)43-33(34(42-24(4)39)32(21)41-23(3)38)28-10-11-30(36)29(19-28)18-25-6-8-26(9-7-25)27-12-16-35(17-13-27)14-5-15-35;29-22-7-6-20(27-26(33)25(32)24(31)23(16-30)34-27)15-21(22)14-17-2-4-18(5-3-17)19-8-12-28(13-9-19)10-1-11-28/h6-11,19,21,27,31-34H,5,12-18,20H2,1-4H3;2-7,15,19,23-27,30-33H,1,8-14,16H2/t21-,31-,32+,33?,34-;23-,24-,25+,26-,27?/m11/s1. The molecule has 2 heterocycles. The second-order valence-electron chi connectivity index (χ2n) is 23.4. The molecule has 4 aromatic rings. The van der Waals surface area contributed by atoms with Crippen molar-refractivity contribution in [3.8, 4) is 0 Å². The van der Waals surface area contributed by atoms with Crippen LogP contribution in [0.1, 0.15) is 186 Å². The Hall–Kier alpha value is -4.37. The first-order valence-electron chi connectivity index (χ1n) is 28.1. The van der Waals surface area contributed by atoms with Gasteiger partial charge in [0.15, 0.2) is 6.10 Å². The van der Waals surface area contributed by atoms with E-state index in [-0.39, 0.29) is 6.61 Å². The lowest BCUT2D eigenvalue weighted by Crippen LogP contribution is -2.55. The van der Waals surface area contributed by atoms with Crippen LogP contribution in [0, 0.1) is 16.7 Å². The van der Waals surface area contributed by atoms with Crippen LogP contribution in [0.15, 0.2) is 84.9 Å². The van der Waals surface area contributed by atoms with Gasteiger partial charge in [0.2, 0.25) is 0 Å². The monoisotopic (exact) mass is 1100 g/mol. The van der Waals surface area contributed by atoms with Crippen LogP contribution in [0.4, 0.5) is 0 Å². The Bertz CT molecular complexity index is 2650. The number of carbonyl (C=O) groups is 3. The zero-order valence-corrected chi connectivity index (χ0v) is 46.6. The minimum absolute atomic E-state index is 0.0215. The fourth-order valence-electron chi connectivity index (χ4n) is 13.3. The summed E-state index contributed by atoms with van der Waals surface area (Å²) in [4.78, 5) is 35.8. The van der Waals surface area contributed by atoms with Crippen LogP contribution in [0.25, 0.3) is 0 Å². The SMILES string of the molecule is CC(=O)OC[C@H]1OC(c2ccc(Cl)c(Cc3ccc(C4CCC5(CCC5)CC4)cc3)c2)[C@H](OC(C)=O)[C@@H](OC(C)=O)[C@@H]1C.OC[C@H]1OC(c2ccc(Cl)c(Cc3ccc(C4CCC5(CCC5)CC4)cc3)c2)[C@H](O)[C@@H](O)[C@@H]1O. The van der Waals surface area contributed by atoms with Gasteiger partial charge in [0.1, 0.15) is 49.3 Å². The molecule has 4 aliphatic carbocycles. The molecule has 14 heteroatoms. The normalized spacial score (nSPS) is 29.5. The van der Waals surface area contributed by atoms with Crippen molar-refractivity contribution in [2.75, 3.05) is 13.2 Å². The maximum Gasteiger partial charge on any atom is 0.303 e. The Morgan fingerprint density at radius 2 is 0.974 bits per heavy atom. The molecular formula is C63H78Cl2O12. The van der Waals surface area contributed by atoms with Crippen molar-refractivity contribution in [3.05, 3.63) is 139 Å². The van der Waals surface area contributed by atoms with Crippen molar-refractivity contribution in [3.63, 3.8) is 0 Å². The van der Waals surface area contributed by atoms with Gasteiger partial charge in [-0.2, -0.15) is 0 Å². The van der Waals surface area contributed by atoms with Crippen LogP contribution in [0.3, 0.4) is 0 Å². The summed E-state index contributed by atoms with van der Waals surface area (Å²) in [5.41, 5.74) is 9.67. The molecule has 0 radical (unpaired) electrons.